The maximum Gasteiger partial charge on any atom is 0.191 e. The van der Waals surface area contributed by atoms with Gasteiger partial charge in [0.2, 0.25) is 0 Å². The third-order valence-electron chi connectivity index (χ3n) is 5.08. The van der Waals surface area contributed by atoms with E-state index in [1.807, 2.05) is 18.3 Å². The number of aryl methyl sites for hydroxylation is 1. The Labute approximate surface area is 203 Å². The third-order valence-corrected chi connectivity index (χ3v) is 5.08. The van der Waals surface area contributed by atoms with Crippen molar-refractivity contribution < 1.29 is 4.74 Å². The number of likely N-dealkylation sites (N-methyl/N-ethyl adjacent to an activating group) is 1. The molecule has 0 radical (unpaired) electrons. The van der Waals surface area contributed by atoms with Crippen molar-refractivity contribution in [3.05, 3.63) is 53.7 Å². The molecular weight excluding hydrogens is 503 g/mol. The monoisotopic (exact) mass is 538 g/mol. The lowest BCUT2D eigenvalue weighted by Gasteiger charge is -2.33. The van der Waals surface area contributed by atoms with E-state index in [0.717, 1.165) is 55.8 Å². The van der Waals surface area contributed by atoms with Crippen LogP contribution in [0.3, 0.4) is 0 Å². The van der Waals surface area contributed by atoms with Gasteiger partial charge in [-0.3, -0.25) is 0 Å². The number of piperazine rings is 1. The maximum absolute atomic E-state index is 5.77. The van der Waals surface area contributed by atoms with E-state index in [0.29, 0.717) is 19.7 Å². The maximum atomic E-state index is 5.77. The molecule has 0 amide bonds. The van der Waals surface area contributed by atoms with Gasteiger partial charge in [0.1, 0.15) is 18.2 Å². The molecule has 2 aromatic rings. The van der Waals surface area contributed by atoms with Gasteiger partial charge in [-0.15, -0.1) is 24.0 Å². The topological polar surface area (TPSA) is 65.0 Å². The Morgan fingerprint density at radius 1 is 1.06 bits per heavy atom. The highest BCUT2D eigenvalue weighted by Crippen LogP contribution is 2.14. The van der Waals surface area contributed by atoms with Crippen molar-refractivity contribution in [2.75, 3.05) is 57.8 Å². The summed E-state index contributed by atoms with van der Waals surface area (Å²) in [4.78, 5) is 14.0. The van der Waals surface area contributed by atoms with Gasteiger partial charge in [0.15, 0.2) is 5.96 Å². The number of hydrogen-bond donors (Lipinski definition) is 2. The molecule has 8 heteroatoms. The smallest absolute Gasteiger partial charge is 0.191 e. The first-order valence-electron chi connectivity index (χ1n) is 10.7. The molecule has 1 saturated heterocycles. The fraction of sp³-hybridized carbons (Fsp3) is 0.478. The standard InChI is InChI=1S/C23H34N6O.HI/c1-4-24-23(25-11-16-30-21-8-5-19(2)6-9-21)27-18-20-7-10-22(26-17-20)29-14-12-28(3)13-15-29;/h5-10,17H,4,11-16,18H2,1-3H3,(H2,24,25,27);1H. The molecular formula is C23H35IN6O. The van der Waals surface area contributed by atoms with Crippen LogP contribution in [0.5, 0.6) is 5.75 Å². The van der Waals surface area contributed by atoms with Gasteiger partial charge in [0.25, 0.3) is 0 Å². The van der Waals surface area contributed by atoms with Crippen LogP contribution in [0.1, 0.15) is 18.1 Å². The van der Waals surface area contributed by atoms with Crippen LogP contribution in [-0.4, -0.2) is 68.8 Å². The van der Waals surface area contributed by atoms with Gasteiger partial charge in [-0.05, 0) is 44.7 Å². The van der Waals surface area contributed by atoms with Gasteiger partial charge in [-0.25, -0.2) is 9.98 Å². The predicted molar refractivity (Wildman–Crippen MR) is 139 cm³/mol. The molecule has 0 atom stereocenters. The summed E-state index contributed by atoms with van der Waals surface area (Å²) in [7, 11) is 2.16. The molecule has 1 fully saturated rings. The highest BCUT2D eigenvalue weighted by Gasteiger charge is 2.14. The largest absolute Gasteiger partial charge is 0.492 e. The molecule has 1 aromatic carbocycles. The third kappa shape index (κ3) is 8.53. The quantitative estimate of drug-likeness (QED) is 0.233. The average Bonchev–Trinajstić information content (AvgIpc) is 2.77. The number of benzene rings is 1. The van der Waals surface area contributed by atoms with Crippen molar-refractivity contribution in [3.63, 3.8) is 0 Å². The molecule has 1 aromatic heterocycles. The van der Waals surface area contributed by atoms with E-state index in [1.165, 1.54) is 5.56 Å². The predicted octanol–water partition coefficient (Wildman–Crippen LogP) is 2.89. The SMILES string of the molecule is CCNC(=NCc1ccc(N2CCN(C)CC2)nc1)NCCOc1ccc(C)cc1.I. The van der Waals surface area contributed by atoms with E-state index in [4.69, 9.17) is 4.74 Å². The van der Waals surface area contributed by atoms with E-state index >= 15 is 0 Å². The normalized spacial score (nSPS) is 14.7. The number of aliphatic imine (C=N–C) groups is 1. The lowest BCUT2D eigenvalue weighted by molar-refractivity contribution is 0.312. The van der Waals surface area contributed by atoms with Gasteiger partial charge < -0.3 is 25.2 Å². The lowest BCUT2D eigenvalue weighted by atomic mass is 10.2. The Bertz CT molecular complexity index is 789. The zero-order valence-electron chi connectivity index (χ0n) is 18.8. The molecule has 0 unspecified atom stereocenters. The molecule has 2 heterocycles. The Kier molecular flexibility index (Phi) is 10.9. The van der Waals surface area contributed by atoms with Crippen molar-refractivity contribution >= 4 is 35.8 Å². The molecule has 0 saturated carbocycles. The Morgan fingerprint density at radius 3 is 2.45 bits per heavy atom. The summed E-state index contributed by atoms with van der Waals surface area (Å²) < 4.78 is 5.77. The van der Waals surface area contributed by atoms with Crippen LogP contribution in [0.25, 0.3) is 0 Å². The molecule has 170 valence electrons. The lowest BCUT2D eigenvalue weighted by Crippen LogP contribution is -2.44. The van der Waals surface area contributed by atoms with Crippen molar-refractivity contribution in [2.24, 2.45) is 4.99 Å². The van der Waals surface area contributed by atoms with Crippen LogP contribution >= 0.6 is 24.0 Å². The number of aromatic nitrogens is 1. The summed E-state index contributed by atoms with van der Waals surface area (Å²) >= 11 is 0. The summed E-state index contributed by atoms with van der Waals surface area (Å²) in [5.41, 5.74) is 2.33. The minimum absolute atomic E-state index is 0. The van der Waals surface area contributed by atoms with Crippen LogP contribution in [-0.2, 0) is 6.54 Å². The molecule has 0 spiro atoms. The van der Waals surface area contributed by atoms with Crippen molar-refractivity contribution in [3.8, 4) is 5.75 Å². The minimum atomic E-state index is 0. The molecule has 0 aliphatic carbocycles. The number of pyridine rings is 1. The van der Waals surface area contributed by atoms with Crippen LogP contribution in [0, 0.1) is 6.92 Å². The van der Waals surface area contributed by atoms with E-state index in [2.05, 4.69) is 75.6 Å². The molecule has 3 rings (SSSR count). The Hall–Kier alpha value is -2.07. The fourth-order valence-electron chi connectivity index (χ4n) is 3.22. The first-order valence-corrected chi connectivity index (χ1v) is 10.7. The van der Waals surface area contributed by atoms with E-state index in [-0.39, 0.29) is 24.0 Å². The highest BCUT2D eigenvalue weighted by molar-refractivity contribution is 14.0. The molecule has 2 N–H and O–H groups in total. The van der Waals surface area contributed by atoms with Gasteiger partial charge in [0.05, 0.1) is 13.1 Å². The number of nitrogens with zero attached hydrogens (tertiary/aromatic N) is 4. The Balaban J connectivity index is 0.00000341. The second-order valence-electron chi connectivity index (χ2n) is 7.60. The first kappa shape index (κ1) is 25.2. The summed E-state index contributed by atoms with van der Waals surface area (Å²) in [5.74, 6) is 2.72. The number of guanidine groups is 1. The Morgan fingerprint density at radius 2 is 1.81 bits per heavy atom. The average molecular weight is 538 g/mol. The number of hydrogen-bond acceptors (Lipinski definition) is 5. The molecule has 1 aliphatic rings. The minimum Gasteiger partial charge on any atom is -0.492 e. The van der Waals surface area contributed by atoms with Crippen LogP contribution < -0.4 is 20.3 Å². The first-order chi connectivity index (χ1) is 14.6. The fourth-order valence-corrected chi connectivity index (χ4v) is 3.22. The number of anilines is 1. The number of nitrogens with one attached hydrogen (secondary N) is 2. The molecule has 1 aliphatic heterocycles. The zero-order chi connectivity index (χ0) is 21.2. The van der Waals surface area contributed by atoms with Gasteiger partial charge in [0, 0.05) is 38.9 Å². The number of rotatable bonds is 8. The van der Waals surface area contributed by atoms with Crippen molar-refractivity contribution in [1.29, 1.82) is 0 Å². The summed E-state index contributed by atoms with van der Waals surface area (Å²) in [6, 6.07) is 12.3. The molecule has 31 heavy (non-hydrogen) atoms. The van der Waals surface area contributed by atoms with E-state index in [9.17, 15) is 0 Å². The van der Waals surface area contributed by atoms with Gasteiger partial charge in [-0.2, -0.15) is 0 Å². The van der Waals surface area contributed by atoms with E-state index in [1.54, 1.807) is 0 Å². The summed E-state index contributed by atoms with van der Waals surface area (Å²) in [6.07, 6.45) is 1.93. The van der Waals surface area contributed by atoms with Crippen LogP contribution in [0.15, 0.2) is 47.6 Å². The second kappa shape index (κ2) is 13.4. The van der Waals surface area contributed by atoms with Crippen molar-refractivity contribution in [2.45, 2.75) is 20.4 Å². The summed E-state index contributed by atoms with van der Waals surface area (Å²) in [5, 5.41) is 6.60. The summed E-state index contributed by atoms with van der Waals surface area (Å²) in [6.45, 7) is 11.0. The van der Waals surface area contributed by atoms with Crippen LogP contribution in [0.4, 0.5) is 5.82 Å². The second-order valence-corrected chi connectivity index (χ2v) is 7.60. The molecule has 0 bridgehead atoms. The van der Waals surface area contributed by atoms with Gasteiger partial charge in [-0.1, -0.05) is 23.8 Å². The zero-order valence-corrected chi connectivity index (χ0v) is 21.1. The highest BCUT2D eigenvalue weighted by atomic mass is 127. The van der Waals surface area contributed by atoms with Crippen LogP contribution in [0.2, 0.25) is 0 Å². The van der Waals surface area contributed by atoms with Crippen molar-refractivity contribution in [1.82, 2.24) is 20.5 Å². The number of ether oxygens (including phenoxy) is 1. The van der Waals surface area contributed by atoms with E-state index < -0.39 is 0 Å². The van der Waals surface area contributed by atoms with Gasteiger partial charge >= 0.3 is 0 Å². The molecule has 7 nitrogen and oxygen atoms in total. The number of halogens is 1.